The summed E-state index contributed by atoms with van der Waals surface area (Å²) in [6.07, 6.45) is 6.04. The van der Waals surface area contributed by atoms with E-state index in [0.29, 0.717) is 54.6 Å². The monoisotopic (exact) mass is 838 g/mol. The minimum absolute atomic E-state index is 0.0000604. The molecule has 2 aliphatic carbocycles. The fraction of sp³-hybridized carbons (Fsp3) is 0.682. The third-order valence-electron chi connectivity index (χ3n) is 12.5. The van der Waals surface area contributed by atoms with Gasteiger partial charge in [-0.2, -0.15) is 0 Å². The van der Waals surface area contributed by atoms with Gasteiger partial charge < -0.3 is 23.8 Å². The number of methoxy groups -OCH3 is 2. The summed E-state index contributed by atoms with van der Waals surface area (Å²) in [6, 6.07) is 4.35. The molecule has 7 atom stereocenters. The highest BCUT2D eigenvalue weighted by molar-refractivity contribution is 7.91. The number of fused-ring (bicyclic) bond motifs is 3. The van der Waals surface area contributed by atoms with Crippen LogP contribution >= 0.6 is 0 Å². The molecule has 2 saturated carbocycles. The molecule has 1 aromatic carbocycles. The zero-order valence-corrected chi connectivity index (χ0v) is 36.9. The number of carbonyl (C=O) groups excluding carboxylic acids is 4. The van der Waals surface area contributed by atoms with E-state index in [0.717, 1.165) is 6.42 Å². The standard InChI is InChI=1S/C44H62N4O10S/c1-26(2)38-39(46-34-19-30(56-9)14-15-33(34)45-38)57-31-20-35-36(49)23-44(41(52)47-59(53,54)43(7)16-17-43)22-29(44)13-11-10-12-27(3)18-28(25-55-8)32(40(51)48(35)24-31)21-37(50)58-42(4,5)6/h11,13-15,19,26-29,31-32,35H,10,12,16-18,20-25H2,1-9H3,(H,47,52)/b13-11-/t27-,28-,29+,31+,32-,35-,44+/m0/s1. The first-order valence-electron chi connectivity index (χ1n) is 21.0. The number of amides is 2. The lowest BCUT2D eigenvalue weighted by molar-refractivity contribution is -0.160. The normalized spacial score (nSPS) is 29.2. The van der Waals surface area contributed by atoms with Crippen molar-refractivity contribution >= 4 is 44.6 Å². The van der Waals surface area contributed by atoms with Crippen molar-refractivity contribution in [3.05, 3.63) is 36.0 Å². The van der Waals surface area contributed by atoms with Gasteiger partial charge in [-0.3, -0.25) is 23.9 Å². The van der Waals surface area contributed by atoms with Crippen LogP contribution in [0.15, 0.2) is 30.4 Å². The van der Waals surface area contributed by atoms with Gasteiger partial charge in [0.1, 0.15) is 23.1 Å². The van der Waals surface area contributed by atoms with Gasteiger partial charge in [0, 0.05) is 38.5 Å². The maximum atomic E-state index is 15.2. The number of aromatic nitrogens is 2. The molecule has 6 rings (SSSR count). The molecule has 0 spiro atoms. The van der Waals surface area contributed by atoms with E-state index in [2.05, 4.69) is 11.6 Å². The molecule has 2 aromatic rings. The van der Waals surface area contributed by atoms with E-state index in [-0.39, 0.29) is 67.7 Å². The first-order chi connectivity index (χ1) is 27.7. The van der Waals surface area contributed by atoms with Crippen molar-refractivity contribution in [2.24, 2.45) is 29.1 Å². The number of hydrogen-bond acceptors (Lipinski definition) is 12. The summed E-state index contributed by atoms with van der Waals surface area (Å²) in [5.41, 5.74) is -0.276. The number of ketones is 1. The van der Waals surface area contributed by atoms with Gasteiger partial charge in [0.2, 0.25) is 27.7 Å². The van der Waals surface area contributed by atoms with E-state index >= 15 is 4.79 Å². The van der Waals surface area contributed by atoms with Gasteiger partial charge in [0.05, 0.1) is 53.2 Å². The molecule has 3 fully saturated rings. The summed E-state index contributed by atoms with van der Waals surface area (Å²) in [7, 11) is -0.846. The van der Waals surface area contributed by atoms with Crippen LogP contribution in [0.1, 0.15) is 118 Å². The third kappa shape index (κ3) is 9.93. The van der Waals surface area contributed by atoms with Gasteiger partial charge in [-0.05, 0) is 96.1 Å². The van der Waals surface area contributed by atoms with Gasteiger partial charge in [0.15, 0.2) is 5.78 Å². The van der Waals surface area contributed by atoms with Crippen molar-refractivity contribution in [2.75, 3.05) is 27.4 Å². The van der Waals surface area contributed by atoms with Gasteiger partial charge in [-0.1, -0.05) is 32.9 Å². The van der Waals surface area contributed by atoms with Crippen LogP contribution in [-0.4, -0.2) is 96.7 Å². The quantitative estimate of drug-likeness (QED) is 0.205. The highest BCUT2D eigenvalue weighted by Crippen LogP contribution is 2.58. The van der Waals surface area contributed by atoms with E-state index in [1.807, 2.05) is 32.1 Å². The van der Waals surface area contributed by atoms with E-state index < -0.39 is 61.6 Å². The van der Waals surface area contributed by atoms with Gasteiger partial charge >= 0.3 is 5.97 Å². The summed E-state index contributed by atoms with van der Waals surface area (Å²) in [5, 5.41) is 0. The predicted molar refractivity (Wildman–Crippen MR) is 221 cm³/mol. The van der Waals surface area contributed by atoms with Crippen LogP contribution in [0.3, 0.4) is 0 Å². The lowest BCUT2D eigenvalue weighted by Gasteiger charge is -2.33. The van der Waals surface area contributed by atoms with E-state index in [4.69, 9.17) is 28.9 Å². The van der Waals surface area contributed by atoms with Crippen LogP contribution in [0.4, 0.5) is 0 Å². The lowest BCUT2D eigenvalue weighted by atomic mass is 9.81. The number of esters is 1. The van der Waals surface area contributed by atoms with Crippen LogP contribution in [0.2, 0.25) is 0 Å². The molecule has 59 heavy (non-hydrogen) atoms. The largest absolute Gasteiger partial charge is 0.497 e. The molecular weight excluding hydrogens is 777 g/mol. The van der Waals surface area contributed by atoms with E-state index in [1.165, 1.54) is 4.90 Å². The molecule has 324 valence electrons. The van der Waals surface area contributed by atoms with Crippen molar-refractivity contribution < 1.29 is 46.5 Å². The first kappa shape index (κ1) is 44.4. The van der Waals surface area contributed by atoms with E-state index in [9.17, 15) is 22.8 Å². The minimum Gasteiger partial charge on any atom is -0.497 e. The highest BCUT2D eigenvalue weighted by Gasteiger charge is 2.63. The number of nitrogens with one attached hydrogen (secondary N) is 1. The van der Waals surface area contributed by atoms with Crippen molar-refractivity contribution in [2.45, 2.75) is 135 Å². The summed E-state index contributed by atoms with van der Waals surface area (Å²) in [5.74, 6) is -2.74. The SMILES string of the molecule is COC[C@@H]1C[C@@H](C)CC/C=C\[C@@H]2C[C@@]2(C(=O)NS(=O)(=O)C2(C)CC2)CC(=O)[C@@H]2C[C@@H](Oc3nc4cc(OC)ccc4nc3C(C)C)CN2C(=O)[C@H]1CC(=O)OC(C)(C)C. The summed E-state index contributed by atoms with van der Waals surface area (Å²) in [4.78, 5) is 68.9. The average Bonchev–Trinajstić information content (AvgIpc) is 4.03. The van der Waals surface area contributed by atoms with Gasteiger partial charge in [-0.25, -0.2) is 18.4 Å². The molecule has 0 radical (unpaired) electrons. The predicted octanol–water partition coefficient (Wildman–Crippen LogP) is 6.06. The number of nitrogens with zero attached hydrogens (tertiary/aromatic N) is 3. The molecule has 2 amide bonds. The second-order valence-electron chi connectivity index (χ2n) is 18.9. The molecule has 2 aliphatic heterocycles. The van der Waals surface area contributed by atoms with Crippen LogP contribution < -0.4 is 14.2 Å². The van der Waals surface area contributed by atoms with Crippen molar-refractivity contribution in [3.8, 4) is 11.6 Å². The molecule has 0 bridgehead atoms. The molecule has 0 unspecified atom stereocenters. The first-order valence-corrected chi connectivity index (χ1v) is 22.5. The Morgan fingerprint density at radius 3 is 2.44 bits per heavy atom. The van der Waals surface area contributed by atoms with Gasteiger partial charge in [0.25, 0.3) is 0 Å². The lowest BCUT2D eigenvalue weighted by Crippen LogP contribution is -2.48. The Kier molecular flexibility index (Phi) is 12.9. The highest BCUT2D eigenvalue weighted by atomic mass is 32.2. The summed E-state index contributed by atoms with van der Waals surface area (Å²) >= 11 is 0. The summed E-state index contributed by atoms with van der Waals surface area (Å²) in [6.45, 7) is 13.2. The average molecular weight is 839 g/mol. The second kappa shape index (κ2) is 17.1. The Labute approximate surface area is 348 Å². The molecule has 15 heteroatoms. The number of hydrogen-bond donors (Lipinski definition) is 1. The number of rotatable bonds is 11. The Balaban J connectivity index is 1.39. The zero-order chi connectivity index (χ0) is 43.1. The van der Waals surface area contributed by atoms with Crippen LogP contribution in [0.5, 0.6) is 11.6 Å². The van der Waals surface area contributed by atoms with Crippen molar-refractivity contribution in [1.29, 1.82) is 0 Å². The zero-order valence-electron chi connectivity index (χ0n) is 36.0. The number of carbonyl (C=O) groups is 4. The maximum absolute atomic E-state index is 15.2. The van der Waals surface area contributed by atoms with Crippen LogP contribution in [0, 0.1) is 29.1 Å². The number of allylic oxidation sites excluding steroid dienone is 2. The molecule has 1 saturated heterocycles. The smallest absolute Gasteiger partial charge is 0.307 e. The maximum Gasteiger partial charge on any atom is 0.307 e. The molecule has 1 aromatic heterocycles. The Hall–Kier alpha value is -4.11. The fourth-order valence-electron chi connectivity index (χ4n) is 8.63. The van der Waals surface area contributed by atoms with Crippen molar-refractivity contribution in [1.82, 2.24) is 19.6 Å². The number of Topliss-reactive ketones (excluding diaryl/α,β-unsaturated/α-hetero) is 1. The third-order valence-corrected chi connectivity index (χ3v) is 14.6. The Morgan fingerprint density at radius 2 is 1.80 bits per heavy atom. The molecule has 1 N–H and O–H groups in total. The van der Waals surface area contributed by atoms with Crippen LogP contribution in [-0.2, 0) is 38.7 Å². The Bertz CT molecular complexity index is 2080. The summed E-state index contributed by atoms with van der Waals surface area (Å²) < 4.78 is 51.4. The molecule has 3 heterocycles. The number of ether oxygens (including phenoxy) is 4. The van der Waals surface area contributed by atoms with E-state index in [1.54, 1.807) is 54.0 Å². The molecule has 4 aliphatic rings. The molecular formula is C44H62N4O10S. The number of benzene rings is 1. The second-order valence-corrected chi connectivity index (χ2v) is 21.1. The topological polar surface area (TPSA) is 180 Å². The fourth-order valence-corrected chi connectivity index (χ4v) is 9.96. The number of sulfonamides is 1. The van der Waals surface area contributed by atoms with Crippen molar-refractivity contribution in [3.63, 3.8) is 0 Å². The molecule has 14 nitrogen and oxygen atoms in total. The minimum atomic E-state index is -3.98. The Morgan fingerprint density at radius 1 is 1.07 bits per heavy atom. The van der Waals surface area contributed by atoms with Gasteiger partial charge in [-0.15, -0.1) is 0 Å². The van der Waals surface area contributed by atoms with Crippen LogP contribution in [0.25, 0.3) is 11.0 Å².